The zero-order valence-corrected chi connectivity index (χ0v) is 14.4. The van der Waals surface area contributed by atoms with Gasteiger partial charge in [-0.25, -0.2) is 13.6 Å². The molecule has 0 heterocycles. The van der Waals surface area contributed by atoms with Gasteiger partial charge in [0.15, 0.2) is 0 Å². The number of amides is 2. The topological polar surface area (TPSA) is 67.4 Å². The van der Waals surface area contributed by atoms with Crippen LogP contribution in [0.25, 0.3) is 0 Å². The van der Waals surface area contributed by atoms with Crippen molar-refractivity contribution in [2.45, 2.75) is 52.2 Å². The van der Waals surface area contributed by atoms with E-state index in [-0.39, 0.29) is 17.9 Å². The predicted octanol–water partition coefficient (Wildman–Crippen LogP) is 3.45. The largest absolute Gasteiger partial charge is 0.444 e. The molecule has 2 N–H and O–H groups in total. The van der Waals surface area contributed by atoms with Crippen LogP contribution in [0.15, 0.2) is 18.2 Å². The molecule has 0 aromatic heterocycles. The highest BCUT2D eigenvalue weighted by Gasteiger charge is 2.16. The predicted molar refractivity (Wildman–Crippen MR) is 86.4 cm³/mol. The molecule has 0 fully saturated rings. The molecular weight excluding hydrogens is 318 g/mol. The molecule has 1 rings (SSSR count). The van der Waals surface area contributed by atoms with E-state index in [0.717, 1.165) is 12.1 Å². The summed E-state index contributed by atoms with van der Waals surface area (Å²) in [7, 11) is 0. The number of hydrogen-bond acceptors (Lipinski definition) is 3. The molecule has 0 radical (unpaired) electrons. The molecule has 7 heteroatoms. The molecule has 134 valence electrons. The summed E-state index contributed by atoms with van der Waals surface area (Å²) in [5.74, 6) is -1.64. The molecular formula is C17H24F2N2O3. The summed E-state index contributed by atoms with van der Waals surface area (Å²) >= 11 is 0. The molecule has 0 spiro atoms. The molecule has 1 aromatic rings. The van der Waals surface area contributed by atoms with Gasteiger partial charge in [-0.15, -0.1) is 0 Å². The highest BCUT2D eigenvalue weighted by Crippen LogP contribution is 2.17. The van der Waals surface area contributed by atoms with Crippen LogP contribution in [0, 0.1) is 11.6 Å². The molecule has 0 saturated carbocycles. The van der Waals surface area contributed by atoms with Crippen LogP contribution in [0.5, 0.6) is 0 Å². The fraction of sp³-hybridized carbons (Fsp3) is 0.529. The zero-order chi connectivity index (χ0) is 18.3. The first-order valence-corrected chi connectivity index (χ1v) is 7.79. The van der Waals surface area contributed by atoms with Crippen LogP contribution in [0.2, 0.25) is 0 Å². The third kappa shape index (κ3) is 7.39. The van der Waals surface area contributed by atoms with Crippen molar-refractivity contribution < 1.29 is 23.1 Å². The van der Waals surface area contributed by atoms with Gasteiger partial charge < -0.3 is 15.4 Å². The van der Waals surface area contributed by atoms with Gasteiger partial charge in [-0.05, 0) is 40.2 Å². The lowest BCUT2D eigenvalue weighted by Crippen LogP contribution is -2.33. The van der Waals surface area contributed by atoms with Crippen molar-refractivity contribution in [1.82, 2.24) is 10.6 Å². The number of carbonyl (C=O) groups is 2. The van der Waals surface area contributed by atoms with E-state index in [2.05, 4.69) is 10.6 Å². The molecule has 24 heavy (non-hydrogen) atoms. The maximum Gasteiger partial charge on any atom is 0.407 e. The highest BCUT2D eigenvalue weighted by molar-refractivity contribution is 5.76. The van der Waals surface area contributed by atoms with Crippen molar-refractivity contribution >= 4 is 12.0 Å². The van der Waals surface area contributed by atoms with E-state index in [9.17, 15) is 18.4 Å². The summed E-state index contributed by atoms with van der Waals surface area (Å²) in [6, 6.07) is 2.66. The standard InChI is InChI=1S/C17H24F2N2O3/c1-11(13-8-7-12(18)10-14(13)19)21-15(22)6-5-9-20-16(23)24-17(2,3)4/h7-8,10-11H,5-6,9H2,1-4H3,(H,20,23)(H,21,22)/t11-/m0/s1. The number of nitrogens with one attached hydrogen (secondary N) is 2. The second-order valence-electron chi connectivity index (χ2n) is 6.49. The number of rotatable bonds is 6. The van der Waals surface area contributed by atoms with Gasteiger partial charge in [-0.1, -0.05) is 6.07 Å². The Morgan fingerprint density at radius 1 is 1.25 bits per heavy atom. The smallest absolute Gasteiger partial charge is 0.407 e. The fourth-order valence-corrected chi connectivity index (χ4v) is 2.00. The fourth-order valence-electron chi connectivity index (χ4n) is 2.00. The summed E-state index contributed by atoms with van der Waals surface area (Å²) in [6.45, 7) is 7.19. The Morgan fingerprint density at radius 3 is 2.50 bits per heavy atom. The first kappa shape index (κ1) is 19.9. The molecule has 1 atom stereocenters. The van der Waals surface area contributed by atoms with Gasteiger partial charge in [-0.2, -0.15) is 0 Å². The summed E-state index contributed by atoms with van der Waals surface area (Å²) in [6.07, 6.45) is 0.0526. The molecule has 1 aromatic carbocycles. The maximum atomic E-state index is 13.6. The van der Waals surface area contributed by atoms with Crippen LogP contribution in [-0.4, -0.2) is 24.1 Å². The number of alkyl carbamates (subject to hydrolysis) is 1. The summed E-state index contributed by atoms with van der Waals surface area (Å²) < 4.78 is 31.6. The van der Waals surface area contributed by atoms with Crippen LogP contribution in [0.3, 0.4) is 0 Å². The molecule has 0 aliphatic rings. The Balaban J connectivity index is 2.32. The minimum atomic E-state index is -0.700. The lowest BCUT2D eigenvalue weighted by atomic mass is 10.1. The van der Waals surface area contributed by atoms with E-state index < -0.39 is 29.4 Å². The van der Waals surface area contributed by atoms with Crippen LogP contribution in [0.1, 0.15) is 52.1 Å². The van der Waals surface area contributed by atoms with E-state index in [1.807, 2.05) is 0 Å². The van der Waals surface area contributed by atoms with Crippen molar-refractivity contribution in [2.24, 2.45) is 0 Å². The SMILES string of the molecule is C[C@H](NC(=O)CCCNC(=O)OC(C)(C)C)c1ccc(F)cc1F. The average Bonchev–Trinajstić information content (AvgIpc) is 2.41. The van der Waals surface area contributed by atoms with Gasteiger partial charge in [-0.3, -0.25) is 4.79 Å². The number of benzene rings is 1. The van der Waals surface area contributed by atoms with Crippen LogP contribution in [0.4, 0.5) is 13.6 Å². The summed E-state index contributed by atoms with van der Waals surface area (Å²) in [4.78, 5) is 23.3. The second-order valence-corrected chi connectivity index (χ2v) is 6.49. The monoisotopic (exact) mass is 342 g/mol. The normalized spacial score (nSPS) is 12.4. The van der Waals surface area contributed by atoms with E-state index in [1.165, 1.54) is 6.07 Å². The minimum Gasteiger partial charge on any atom is -0.444 e. The molecule has 0 aliphatic heterocycles. The molecule has 0 unspecified atom stereocenters. The Labute approximate surface area is 140 Å². The quantitative estimate of drug-likeness (QED) is 0.778. The number of hydrogen-bond donors (Lipinski definition) is 2. The number of ether oxygens (including phenoxy) is 1. The minimum absolute atomic E-state index is 0.170. The van der Waals surface area contributed by atoms with Crippen molar-refractivity contribution in [3.05, 3.63) is 35.4 Å². The number of carbonyl (C=O) groups excluding carboxylic acids is 2. The van der Waals surface area contributed by atoms with Gasteiger partial charge in [0.1, 0.15) is 17.2 Å². The zero-order valence-electron chi connectivity index (χ0n) is 14.4. The second kappa shape index (κ2) is 8.61. The van der Waals surface area contributed by atoms with E-state index in [4.69, 9.17) is 4.74 Å². The van der Waals surface area contributed by atoms with E-state index in [0.29, 0.717) is 13.0 Å². The molecule has 5 nitrogen and oxygen atoms in total. The molecule has 2 amide bonds. The summed E-state index contributed by atoms with van der Waals surface area (Å²) in [5, 5.41) is 5.19. The van der Waals surface area contributed by atoms with Gasteiger partial charge in [0.05, 0.1) is 6.04 Å². The highest BCUT2D eigenvalue weighted by atomic mass is 19.1. The van der Waals surface area contributed by atoms with Crippen LogP contribution in [-0.2, 0) is 9.53 Å². The van der Waals surface area contributed by atoms with Gasteiger partial charge in [0.2, 0.25) is 5.91 Å². The third-order valence-electron chi connectivity index (χ3n) is 3.06. The van der Waals surface area contributed by atoms with E-state index in [1.54, 1.807) is 27.7 Å². The lowest BCUT2D eigenvalue weighted by molar-refractivity contribution is -0.121. The first-order chi connectivity index (χ1) is 11.1. The maximum absolute atomic E-state index is 13.6. The third-order valence-corrected chi connectivity index (χ3v) is 3.06. The average molecular weight is 342 g/mol. The Morgan fingerprint density at radius 2 is 1.92 bits per heavy atom. The Kier molecular flexibility index (Phi) is 7.13. The van der Waals surface area contributed by atoms with Crippen molar-refractivity contribution in [2.75, 3.05) is 6.54 Å². The lowest BCUT2D eigenvalue weighted by Gasteiger charge is -2.19. The Bertz CT molecular complexity index is 586. The number of halogens is 2. The van der Waals surface area contributed by atoms with Gasteiger partial charge in [0.25, 0.3) is 0 Å². The summed E-state index contributed by atoms with van der Waals surface area (Å²) in [5.41, 5.74) is -0.354. The Hall–Kier alpha value is -2.18. The molecule has 0 bridgehead atoms. The molecule has 0 aliphatic carbocycles. The van der Waals surface area contributed by atoms with Gasteiger partial charge in [0, 0.05) is 24.6 Å². The molecule has 0 saturated heterocycles. The van der Waals surface area contributed by atoms with Crippen molar-refractivity contribution in [3.63, 3.8) is 0 Å². The van der Waals surface area contributed by atoms with Gasteiger partial charge >= 0.3 is 6.09 Å². The van der Waals surface area contributed by atoms with Crippen LogP contribution >= 0.6 is 0 Å². The van der Waals surface area contributed by atoms with Crippen molar-refractivity contribution in [3.8, 4) is 0 Å². The van der Waals surface area contributed by atoms with E-state index >= 15 is 0 Å². The first-order valence-electron chi connectivity index (χ1n) is 7.79. The van der Waals surface area contributed by atoms with Crippen molar-refractivity contribution in [1.29, 1.82) is 0 Å². The van der Waals surface area contributed by atoms with Crippen LogP contribution < -0.4 is 10.6 Å².